The van der Waals surface area contributed by atoms with Crippen LogP contribution < -0.4 is 15.1 Å². The third kappa shape index (κ3) is 5.48. The molecule has 5 N–H and O–H groups in total. The number of benzene rings is 1. The van der Waals surface area contributed by atoms with Crippen LogP contribution in [0, 0.1) is 5.92 Å². The Morgan fingerprint density at radius 2 is 2.03 bits per heavy atom. The Morgan fingerprint density at radius 3 is 2.65 bits per heavy atom. The number of likely N-dealkylation sites (tertiary alicyclic amines) is 1. The number of halogens is 1. The summed E-state index contributed by atoms with van der Waals surface area (Å²) >= 11 is 0. The van der Waals surface area contributed by atoms with Gasteiger partial charge in [-0.15, -0.1) is 12.4 Å². The van der Waals surface area contributed by atoms with E-state index < -0.39 is 37.8 Å². The molecular weight excluding hydrogens is 430 g/mol. The lowest BCUT2D eigenvalue weighted by Crippen LogP contribution is -2.57. The number of amides is 1. The second kappa shape index (κ2) is 10.3. The molecule has 31 heavy (non-hydrogen) atoms. The van der Waals surface area contributed by atoms with Gasteiger partial charge in [-0.25, -0.2) is 4.79 Å². The molecule has 1 aromatic rings. The number of aliphatic hydroxyl groups is 1. The molecule has 1 aromatic carbocycles. The van der Waals surface area contributed by atoms with E-state index in [0.29, 0.717) is 18.3 Å². The lowest BCUT2D eigenvalue weighted by Gasteiger charge is -2.40. The first-order valence-corrected chi connectivity index (χ1v) is 9.79. The van der Waals surface area contributed by atoms with Gasteiger partial charge < -0.3 is 35.3 Å². The van der Waals surface area contributed by atoms with Gasteiger partial charge in [-0.3, -0.25) is 9.59 Å². The van der Waals surface area contributed by atoms with Crippen molar-refractivity contribution in [3.63, 3.8) is 0 Å². The maximum Gasteiger partial charge on any atom is 0.522 e. The molecule has 1 saturated heterocycles. The fourth-order valence-corrected chi connectivity index (χ4v) is 3.54. The number of carboxylic acids is 1. The minimum Gasteiger partial charge on any atom is -0.535 e. The van der Waals surface area contributed by atoms with Gasteiger partial charge in [0, 0.05) is 12.3 Å². The van der Waals surface area contributed by atoms with Crippen molar-refractivity contribution < 1.29 is 39.0 Å². The number of hydrogen-bond donors (Lipinski definition) is 4. The van der Waals surface area contributed by atoms with E-state index in [1.54, 1.807) is 19.1 Å². The number of rotatable bonds is 8. The number of hydrogen-bond acceptors (Lipinski definition) is 8. The summed E-state index contributed by atoms with van der Waals surface area (Å²) in [4.78, 5) is 37.5. The molecule has 1 fully saturated rings. The summed E-state index contributed by atoms with van der Waals surface area (Å²) in [5.74, 6) is -2.19. The van der Waals surface area contributed by atoms with Crippen molar-refractivity contribution in [2.75, 3.05) is 19.7 Å². The highest BCUT2D eigenvalue weighted by Crippen LogP contribution is 2.37. The molecule has 2 aliphatic heterocycles. The first kappa shape index (κ1) is 24.9. The third-order valence-electron chi connectivity index (χ3n) is 5.32. The standard InChI is InChI=1S/C19H25BN2O8.ClH/c1-10(6-14(24)13(21)9-23)18(25)22-7-12(8-22)29-15-3-2-11-4-5-20(28)30-17(11)16(15)19(26)27;/h2-3,10,12-13,23,28H,4-9,21H2,1H3,(H,26,27);1H/t10-,13+;/m0./s1. The van der Waals surface area contributed by atoms with Crippen LogP contribution in [-0.4, -0.2) is 76.8 Å². The topological polar surface area (TPSA) is 160 Å². The molecule has 12 heteroatoms. The van der Waals surface area contributed by atoms with Crippen molar-refractivity contribution >= 4 is 37.2 Å². The predicted molar refractivity (Wildman–Crippen MR) is 113 cm³/mol. The second-order valence-electron chi connectivity index (χ2n) is 7.69. The minimum absolute atomic E-state index is 0. The number of nitrogens with two attached hydrogens (primary N) is 1. The van der Waals surface area contributed by atoms with Crippen LogP contribution >= 0.6 is 12.4 Å². The number of carboxylic acid groups (broad SMARTS) is 1. The zero-order valence-corrected chi connectivity index (χ0v) is 17.8. The Bertz CT molecular complexity index is 848. The van der Waals surface area contributed by atoms with Crippen LogP contribution in [0.1, 0.15) is 29.3 Å². The summed E-state index contributed by atoms with van der Waals surface area (Å²) in [7, 11) is -1.06. The van der Waals surface area contributed by atoms with Gasteiger partial charge in [0.2, 0.25) is 5.91 Å². The van der Waals surface area contributed by atoms with Crippen LogP contribution in [0.25, 0.3) is 0 Å². The summed E-state index contributed by atoms with van der Waals surface area (Å²) in [6.07, 6.45) is 0.423. The normalized spacial score (nSPS) is 17.4. The van der Waals surface area contributed by atoms with E-state index in [2.05, 4.69) is 0 Å². The minimum atomic E-state index is -1.23. The van der Waals surface area contributed by atoms with E-state index in [9.17, 15) is 24.5 Å². The van der Waals surface area contributed by atoms with Gasteiger partial charge in [0.15, 0.2) is 5.78 Å². The van der Waals surface area contributed by atoms with Gasteiger partial charge in [-0.1, -0.05) is 13.0 Å². The van der Waals surface area contributed by atoms with Gasteiger partial charge >= 0.3 is 13.1 Å². The first-order chi connectivity index (χ1) is 14.2. The fourth-order valence-electron chi connectivity index (χ4n) is 3.54. The molecule has 2 heterocycles. The molecule has 170 valence electrons. The smallest absolute Gasteiger partial charge is 0.522 e. The van der Waals surface area contributed by atoms with E-state index >= 15 is 0 Å². The molecule has 10 nitrogen and oxygen atoms in total. The zero-order chi connectivity index (χ0) is 22.0. The molecule has 0 saturated carbocycles. The molecule has 2 aliphatic rings. The number of fused-ring (bicyclic) bond motifs is 1. The first-order valence-electron chi connectivity index (χ1n) is 9.79. The van der Waals surface area contributed by atoms with Gasteiger partial charge in [-0.05, 0) is 24.4 Å². The van der Waals surface area contributed by atoms with Crippen LogP contribution in [0.5, 0.6) is 11.5 Å². The largest absolute Gasteiger partial charge is 0.535 e. The zero-order valence-electron chi connectivity index (χ0n) is 17.0. The molecule has 0 spiro atoms. The summed E-state index contributed by atoms with van der Waals surface area (Å²) < 4.78 is 11.1. The highest BCUT2D eigenvalue weighted by molar-refractivity contribution is 6.44. The molecule has 0 radical (unpaired) electrons. The van der Waals surface area contributed by atoms with Crippen molar-refractivity contribution in [3.05, 3.63) is 23.3 Å². The molecule has 0 aliphatic carbocycles. The molecule has 1 amide bonds. The van der Waals surface area contributed by atoms with Crippen LogP contribution in [0.4, 0.5) is 0 Å². The summed E-state index contributed by atoms with van der Waals surface area (Å²) in [5, 5.41) is 28.2. The van der Waals surface area contributed by atoms with E-state index in [1.807, 2.05) is 0 Å². The quantitative estimate of drug-likeness (QED) is 0.386. The SMILES string of the molecule is C[C@@H](CC(=O)[C@H](N)CO)C(=O)N1CC(Oc2ccc3c(c2C(=O)O)OB(O)CC3)C1.Cl. The summed E-state index contributed by atoms with van der Waals surface area (Å²) in [6.45, 7) is 1.66. The summed E-state index contributed by atoms with van der Waals surface area (Å²) in [5.41, 5.74) is 6.02. The van der Waals surface area contributed by atoms with Crippen molar-refractivity contribution in [1.82, 2.24) is 4.90 Å². The van der Waals surface area contributed by atoms with Gasteiger partial charge in [0.05, 0.1) is 25.7 Å². The van der Waals surface area contributed by atoms with Crippen LogP contribution in [-0.2, 0) is 16.0 Å². The Hall–Kier alpha value is -2.34. The van der Waals surface area contributed by atoms with Crippen molar-refractivity contribution in [2.45, 2.75) is 38.2 Å². The Morgan fingerprint density at radius 1 is 1.35 bits per heavy atom. The predicted octanol–water partition coefficient (Wildman–Crippen LogP) is -0.273. The monoisotopic (exact) mass is 456 g/mol. The number of Topliss-reactive ketones (excluding diaryl/α,β-unsaturated/α-hetero) is 1. The number of aliphatic hydroxyl groups excluding tert-OH is 1. The molecule has 3 rings (SSSR count). The number of carbonyl (C=O) groups excluding carboxylic acids is 2. The third-order valence-corrected chi connectivity index (χ3v) is 5.32. The number of nitrogens with zero attached hydrogens (tertiary/aromatic N) is 1. The van der Waals surface area contributed by atoms with Crippen molar-refractivity contribution in [1.29, 1.82) is 0 Å². The number of aryl methyl sites for hydroxylation is 1. The van der Waals surface area contributed by atoms with Crippen LogP contribution in [0.15, 0.2) is 12.1 Å². The maximum absolute atomic E-state index is 12.4. The van der Waals surface area contributed by atoms with Crippen LogP contribution in [0.2, 0.25) is 6.32 Å². The Balaban J connectivity index is 0.00000341. The van der Waals surface area contributed by atoms with Crippen molar-refractivity contribution in [2.24, 2.45) is 11.7 Å². The van der Waals surface area contributed by atoms with E-state index in [0.717, 1.165) is 0 Å². The summed E-state index contributed by atoms with van der Waals surface area (Å²) in [6, 6.07) is 2.28. The van der Waals surface area contributed by atoms with Gasteiger partial charge in [0.25, 0.3) is 0 Å². The highest BCUT2D eigenvalue weighted by Gasteiger charge is 2.37. The maximum atomic E-state index is 12.4. The Labute approximate surface area is 185 Å². The van der Waals surface area contributed by atoms with Crippen LogP contribution in [0.3, 0.4) is 0 Å². The number of carbonyl (C=O) groups is 3. The average Bonchev–Trinajstić information content (AvgIpc) is 2.68. The lowest BCUT2D eigenvalue weighted by atomic mass is 9.78. The molecule has 0 aromatic heterocycles. The van der Waals surface area contributed by atoms with Gasteiger partial charge in [-0.2, -0.15) is 0 Å². The number of ether oxygens (including phenoxy) is 1. The Kier molecular flexibility index (Phi) is 8.30. The van der Waals surface area contributed by atoms with Gasteiger partial charge in [0.1, 0.15) is 23.2 Å². The molecular formula is C19H26BClN2O8. The van der Waals surface area contributed by atoms with Crippen molar-refractivity contribution in [3.8, 4) is 11.5 Å². The molecule has 2 atom stereocenters. The molecule has 0 unspecified atom stereocenters. The number of ketones is 1. The average molecular weight is 457 g/mol. The van der Waals surface area contributed by atoms with E-state index in [4.69, 9.17) is 20.2 Å². The van der Waals surface area contributed by atoms with E-state index in [1.165, 1.54) is 4.90 Å². The second-order valence-corrected chi connectivity index (χ2v) is 7.69. The highest BCUT2D eigenvalue weighted by atomic mass is 35.5. The fraction of sp³-hybridized carbons (Fsp3) is 0.526. The van der Waals surface area contributed by atoms with E-state index in [-0.39, 0.29) is 60.7 Å². The number of aromatic carboxylic acids is 1. The lowest BCUT2D eigenvalue weighted by molar-refractivity contribution is -0.145. The molecule has 0 bridgehead atoms.